The molecule has 38 heavy (non-hydrogen) atoms. The molecule has 2 heterocycles. The molecule has 0 radical (unpaired) electrons. The molecule has 1 atom stereocenters. The maximum Gasteiger partial charge on any atom is 0.252 e. The molecule has 0 unspecified atom stereocenters. The number of amides is 1. The number of hydrogen-bond acceptors (Lipinski definition) is 4. The number of carbonyl (C=O) groups excluding carboxylic acids is 2. The predicted octanol–water partition coefficient (Wildman–Crippen LogP) is 9.20. The molecular formula is C28H20Cl5N3O2. The summed E-state index contributed by atoms with van der Waals surface area (Å²) in [7, 11) is 0. The van der Waals surface area contributed by atoms with Crippen LogP contribution in [0.1, 0.15) is 40.7 Å². The molecule has 0 spiro atoms. The van der Waals surface area contributed by atoms with Gasteiger partial charge in [0.25, 0.3) is 11.1 Å². The molecule has 1 amide bonds. The minimum atomic E-state index is -0.534. The highest BCUT2D eigenvalue weighted by molar-refractivity contribution is 6.67. The summed E-state index contributed by atoms with van der Waals surface area (Å²) in [4.78, 5) is 31.3. The van der Waals surface area contributed by atoms with Crippen LogP contribution in [0.2, 0.25) is 20.4 Å². The summed E-state index contributed by atoms with van der Waals surface area (Å²) in [5.41, 5.74) is 1.94. The van der Waals surface area contributed by atoms with E-state index in [4.69, 9.17) is 58.0 Å². The van der Waals surface area contributed by atoms with E-state index < -0.39 is 5.24 Å². The number of nitrogens with zero attached hydrogens (tertiary/aromatic N) is 2. The lowest BCUT2D eigenvalue weighted by atomic mass is 10.1. The maximum atomic E-state index is 12.5. The molecule has 5 nitrogen and oxygen atoms in total. The summed E-state index contributed by atoms with van der Waals surface area (Å²) < 4.78 is 0. The van der Waals surface area contributed by atoms with Crippen LogP contribution in [0, 0.1) is 0 Å². The van der Waals surface area contributed by atoms with Crippen LogP contribution in [0.4, 0.5) is 0 Å². The molecule has 1 N–H and O–H groups in total. The van der Waals surface area contributed by atoms with Crippen LogP contribution in [0.3, 0.4) is 0 Å². The first-order valence-corrected chi connectivity index (χ1v) is 13.1. The lowest BCUT2D eigenvalue weighted by Crippen LogP contribution is -2.26. The molecular weight excluding hydrogens is 588 g/mol. The van der Waals surface area contributed by atoms with E-state index in [2.05, 4.69) is 15.3 Å². The number of aromatic nitrogens is 2. The topological polar surface area (TPSA) is 72.0 Å². The highest BCUT2D eigenvalue weighted by Crippen LogP contribution is 2.30. The summed E-state index contributed by atoms with van der Waals surface area (Å²) in [6, 6.07) is 19.8. The number of benzene rings is 3. The quantitative estimate of drug-likeness (QED) is 0.163. The Balaban J connectivity index is 0.000000228. The first kappa shape index (κ1) is 28.1. The fourth-order valence-electron chi connectivity index (χ4n) is 3.72. The number of rotatable bonds is 4. The number of fused-ring (bicyclic) bond motifs is 2. The van der Waals surface area contributed by atoms with Crippen LogP contribution in [0.15, 0.2) is 79.1 Å². The largest absolute Gasteiger partial charge is 0.346 e. The fourth-order valence-corrected chi connectivity index (χ4v) is 4.67. The Morgan fingerprint density at radius 1 is 0.737 bits per heavy atom. The summed E-state index contributed by atoms with van der Waals surface area (Å²) in [5.74, 6) is -0.167. The van der Waals surface area contributed by atoms with Gasteiger partial charge in [0, 0.05) is 46.5 Å². The van der Waals surface area contributed by atoms with Gasteiger partial charge in [0.1, 0.15) is 10.3 Å². The number of halogens is 5. The molecule has 0 fully saturated rings. The molecule has 2 aromatic heterocycles. The zero-order chi connectivity index (χ0) is 27.4. The highest BCUT2D eigenvalue weighted by Gasteiger charge is 2.14. The van der Waals surface area contributed by atoms with Crippen molar-refractivity contribution in [3.63, 3.8) is 0 Å². The van der Waals surface area contributed by atoms with Gasteiger partial charge in [-0.25, -0.2) is 9.97 Å². The van der Waals surface area contributed by atoms with Gasteiger partial charge in [-0.1, -0.05) is 88.9 Å². The van der Waals surface area contributed by atoms with Crippen molar-refractivity contribution in [3.8, 4) is 0 Å². The van der Waals surface area contributed by atoms with E-state index >= 15 is 0 Å². The minimum absolute atomic E-state index is 0. The fraction of sp³-hybridized carbons (Fsp3) is 0.0714. The monoisotopic (exact) mass is 606 g/mol. The zero-order valence-electron chi connectivity index (χ0n) is 19.7. The standard InChI is InChI=1S/C18H14Cl2N2O.C10H4Cl3NO.H2/c1-11(12-5-3-2-4-6-12)22-18(23)13-7-8-14-15(9-13)17(20)21-10-16(14)19;11-8-4-14-9(12)7-3-5(10(13)15)1-2-6(7)8;/h2-11H,1H3,(H,22,23);1-4H;1H/t11-;;/m0../s1/i;;1+1. The zero-order valence-corrected chi connectivity index (χ0v) is 23.5. The lowest BCUT2D eigenvalue weighted by molar-refractivity contribution is 0.0939. The Hall–Kier alpha value is -2.93. The Kier molecular flexibility index (Phi) is 9.08. The van der Waals surface area contributed by atoms with Gasteiger partial charge in [-0.3, -0.25) is 9.59 Å². The second-order valence-electron chi connectivity index (χ2n) is 8.19. The predicted molar refractivity (Wildman–Crippen MR) is 158 cm³/mol. The Bertz CT molecular complexity index is 1670. The molecule has 0 aliphatic heterocycles. The third-order valence-corrected chi connectivity index (χ3v) is 7.14. The van der Waals surface area contributed by atoms with Crippen LogP contribution in [0.25, 0.3) is 21.5 Å². The van der Waals surface area contributed by atoms with Crippen molar-refractivity contribution < 1.29 is 11.0 Å². The summed E-state index contributed by atoms with van der Waals surface area (Å²) in [6.45, 7) is 1.94. The summed E-state index contributed by atoms with van der Waals surface area (Å²) in [6.07, 6.45) is 2.97. The maximum absolute atomic E-state index is 12.5. The molecule has 3 aromatic carbocycles. The van der Waals surface area contributed by atoms with Crippen molar-refractivity contribution in [2.75, 3.05) is 0 Å². The van der Waals surface area contributed by atoms with Crippen molar-refractivity contribution in [1.82, 2.24) is 15.3 Å². The number of carbonyl (C=O) groups is 2. The third kappa shape index (κ3) is 6.37. The smallest absolute Gasteiger partial charge is 0.252 e. The van der Waals surface area contributed by atoms with E-state index in [9.17, 15) is 9.59 Å². The second kappa shape index (κ2) is 12.3. The van der Waals surface area contributed by atoms with Gasteiger partial charge in [-0.05, 0) is 48.4 Å². The first-order chi connectivity index (χ1) is 18.2. The van der Waals surface area contributed by atoms with E-state index in [1.165, 1.54) is 12.4 Å². The molecule has 0 aliphatic rings. The third-order valence-electron chi connectivity index (χ3n) is 5.72. The van der Waals surface area contributed by atoms with Crippen molar-refractivity contribution in [2.24, 2.45) is 0 Å². The van der Waals surface area contributed by atoms with Gasteiger partial charge in [0.05, 0.1) is 16.1 Å². The van der Waals surface area contributed by atoms with Crippen LogP contribution < -0.4 is 5.32 Å². The number of nitrogens with one attached hydrogen (secondary N) is 1. The van der Waals surface area contributed by atoms with Crippen LogP contribution in [-0.4, -0.2) is 21.1 Å². The Morgan fingerprint density at radius 2 is 1.24 bits per heavy atom. The lowest BCUT2D eigenvalue weighted by Gasteiger charge is -2.14. The van der Waals surface area contributed by atoms with Gasteiger partial charge in [0.2, 0.25) is 0 Å². The SMILES string of the molecule is C[C@H](NC(=O)c1ccc2c(Cl)cnc(Cl)c2c1)c1ccccc1.O=C(Cl)c1ccc2c(Cl)cnc(Cl)c2c1.[2HH]. The first-order valence-electron chi connectivity index (χ1n) is 11.2. The van der Waals surface area contributed by atoms with Crippen LogP contribution >= 0.6 is 58.0 Å². The molecule has 10 heteroatoms. The van der Waals surface area contributed by atoms with Crippen molar-refractivity contribution in [2.45, 2.75) is 13.0 Å². The Morgan fingerprint density at radius 3 is 1.76 bits per heavy atom. The minimum Gasteiger partial charge on any atom is -0.346 e. The van der Waals surface area contributed by atoms with Gasteiger partial charge >= 0.3 is 0 Å². The molecule has 5 rings (SSSR count). The summed E-state index contributed by atoms with van der Waals surface area (Å²) in [5, 5.41) is 6.88. The number of pyridine rings is 2. The van der Waals surface area contributed by atoms with Crippen molar-refractivity contribution >= 4 is 90.7 Å². The van der Waals surface area contributed by atoms with E-state index in [1.54, 1.807) is 36.4 Å². The molecule has 0 saturated carbocycles. The van der Waals surface area contributed by atoms with E-state index in [1.807, 2.05) is 37.3 Å². The van der Waals surface area contributed by atoms with Crippen molar-refractivity contribution in [1.29, 1.82) is 0 Å². The molecule has 0 aliphatic carbocycles. The van der Waals surface area contributed by atoms with Gasteiger partial charge in [-0.2, -0.15) is 0 Å². The van der Waals surface area contributed by atoms with Crippen molar-refractivity contribution in [3.05, 3.63) is 116 Å². The average Bonchev–Trinajstić information content (AvgIpc) is 2.93. The summed E-state index contributed by atoms with van der Waals surface area (Å²) >= 11 is 29.4. The van der Waals surface area contributed by atoms with Gasteiger partial charge < -0.3 is 5.32 Å². The van der Waals surface area contributed by atoms with Gasteiger partial charge in [-0.15, -0.1) is 0 Å². The molecule has 194 valence electrons. The van der Waals surface area contributed by atoms with Crippen LogP contribution in [0.5, 0.6) is 0 Å². The highest BCUT2D eigenvalue weighted by atomic mass is 35.5. The molecule has 0 saturated heterocycles. The van der Waals surface area contributed by atoms with Crippen LogP contribution in [-0.2, 0) is 0 Å². The second-order valence-corrected chi connectivity index (χ2v) is 10.1. The normalized spacial score (nSPS) is 11.5. The van der Waals surface area contributed by atoms with Gasteiger partial charge in [0.15, 0.2) is 0 Å². The van der Waals surface area contributed by atoms with E-state index in [0.717, 1.165) is 16.3 Å². The molecule has 0 bridgehead atoms. The Labute approximate surface area is 245 Å². The van der Waals surface area contributed by atoms with E-state index in [0.29, 0.717) is 42.3 Å². The molecule has 5 aromatic rings. The number of hydrogen-bond donors (Lipinski definition) is 1. The van der Waals surface area contributed by atoms with E-state index in [-0.39, 0.29) is 13.4 Å². The average molecular weight is 609 g/mol.